The van der Waals surface area contributed by atoms with Crippen LogP contribution in [0.25, 0.3) is 5.78 Å². The van der Waals surface area contributed by atoms with E-state index in [1.54, 1.807) is 27.7 Å². The lowest BCUT2D eigenvalue weighted by Gasteiger charge is -2.33. The number of imidazole rings is 1. The van der Waals surface area contributed by atoms with Crippen molar-refractivity contribution in [1.29, 1.82) is 0 Å². The van der Waals surface area contributed by atoms with Gasteiger partial charge >= 0.3 is 6.68 Å². The van der Waals surface area contributed by atoms with Gasteiger partial charge in [-0.25, -0.2) is 23.3 Å². The standard InChI is InChI=1S/C25H34F2N8O2.C5H9NO.CHF3/c1-4-34-21(7-10-28-34)23(36)31-22(18-5-8-25(26,27)9-6-18)20-14-35-24(30-20)29-19(17(3)32-35)13-33-11-12-37-15-16(33)2;7-5-3-1-2-4-6-5;2-1(3)4/h7,10,14,16,18,22H,4-6,8-9,11-13,15H2,1-3H3,(H,31,36);1-4H2,(H,6,7);1H. The SMILES string of the molecule is CCn1nccc1C(=O)NC(c1cn2nc(C)c(CN3CCOCC3C)nc2n1)C1CCC(F)(F)CC1.FC(F)F.O=C1CCCCN1. The summed E-state index contributed by atoms with van der Waals surface area (Å²) in [7, 11) is 0. The number of halogens is 5. The molecule has 3 fully saturated rings. The molecule has 2 amide bonds. The predicted octanol–water partition coefficient (Wildman–Crippen LogP) is 4.63. The molecule has 6 rings (SSSR count). The fourth-order valence-electron chi connectivity index (χ4n) is 5.99. The van der Waals surface area contributed by atoms with Crippen LogP contribution in [0.3, 0.4) is 0 Å². The minimum absolute atomic E-state index is 0.179. The van der Waals surface area contributed by atoms with Crippen LogP contribution in [0.2, 0.25) is 0 Å². The number of fused-ring (bicyclic) bond motifs is 1. The van der Waals surface area contributed by atoms with E-state index in [-0.39, 0.29) is 36.6 Å². The van der Waals surface area contributed by atoms with Gasteiger partial charge in [-0.3, -0.25) is 19.2 Å². The Morgan fingerprint density at radius 1 is 1.19 bits per heavy atom. The summed E-state index contributed by atoms with van der Waals surface area (Å²) < 4.78 is 65.7. The second-order valence-electron chi connectivity index (χ2n) is 12.2. The Kier molecular flexibility index (Phi) is 13.2. The van der Waals surface area contributed by atoms with E-state index >= 15 is 0 Å². The van der Waals surface area contributed by atoms with Crippen molar-refractivity contribution in [3.63, 3.8) is 0 Å². The third kappa shape index (κ3) is 10.4. The van der Waals surface area contributed by atoms with Crippen molar-refractivity contribution in [3.05, 3.63) is 41.2 Å². The van der Waals surface area contributed by atoms with Gasteiger partial charge in [-0.1, -0.05) is 0 Å². The summed E-state index contributed by atoms with van der Waals surface area (Å²) in [6, 6.07) is 1.39. The van der Waals surface area contributed by atoms with Gasteiger partial charge in [0.05, 0.1) is 42.5 Å². The fourth-order valence-corrected chi connectivity index (χ4v) is 5.99. The van der Waals surface area contributed by atoms with Gasteiger partial charge in [0.15, 0.2) is 0 Å². The number of ether oxygens (including phenoxy) is 1. The number of nitrogens with one attached hydrogen (secondary N) is 2. The van der Waals surface area contributed by atoms with Gasteiger partial charge < -0.3 is 15.4 Å². The third-order valence-corrected chi connectivity index (χ3v) is 8.70. The van der Waals surface area contributed by atoms with E-state index in [0.29, 0.717) is 56.3 Å². The number of aromatic nitrogens is 6. The van der Waals surface area contributed by atoms with Crippen LogP contribution in [0.15, 0.2) is 18.5 Å². The van der Waals surface area contributed by atoms with Crippen molar-refractivity contribution in [3.8, 4) is 0 Å². The van der Waals surface area contributed by atoms with Crippen LogP contribution in [0.5, 0.6) is 0 Å². The molecule has 0 aromatic carbocycles. The molecule has 5 heterocycles. The number of carbonyl (C=O) groups is 2. The largest absolute Gasteiger partial charge is 0.379 e. The van der Waals surface area contributed by atoms with Crippen molar-refractivity contribution in [2.75, 3.05) is 26.3 Å². The second kappa shape index (κ2) is 17.1. The number of rotatable bonds is 7. The van der Waals surface area contributed by atoms with Crippen molar-refractivity contribution in [1.82, 2.24) is 44.9 Å². The minimum Gasteiger partial charge on any atom is -0.379 e. The van der Waals surface area contributed by atoms with Crippen LogP contribution >= 0.6 is 0 Å². The number of hydrogen-bond acceptors (Lipinski definition) is 8. The molecule has 2 saturated heterocycles. The maximum Gasteiger partial charge on any atom is 0.379 e. The van der Waals surface area contributed by atoms with Gasteiger partial charge in [0.25, 0.3) is 11.7 Å². The number of morpholine rings is 1. The van der Waals surface area contributed by atoms with E-state index < -0.39 is 18.6 Å². The number of piperidine rings is 1. The summed E-state index contributed by atoms with van der Waals surface area (Å²) in [5.41, 5.74) is 2.62. The molecule has 0 bridgehead atoms. The highest BCUT2D eigenvalue weighted by atomic mass is 19.4. The van der Waals surface area contributed by atoms with Crippen LogP contribution in [0.1, 0.15) is 92.4 Å². The van der Waals surface area contributed by atoms with E-state index in [0.717, 1.165) is 43.7 Å². The van der Waals surface area contributed by atoms with Gasteiger partial charge in [-0.15, -0.1) is 0 Å². The van der Waals surface area contributed by atoms with Crippen LogP contribution in [0.4, 0.5) is 22.0 Å². The first-order chi connectivity index (χ1) is 22.9. The molecule has 2 atom stereocenters. The first kappa shape index (κ1) is 37.1. The van der Waals surface area contributed by atoms with Gasteiger partial charge in [0, 0.05) is 57.7 Å². The smallest absolute Gasteiger partial charge is 0.379 e. The zero-order valence-electron chi connectivity index (χ0n) is 27.5. The number of aryl methyl sites for hydroxylation is 2. The van der Waals surface area contributed by atoms with E-state index in [1.165, 1.54) is 0 Å². The molecule has 3 aromatic rings. The molecule has 0 spiro atoms. The number of carbonyl (C=O) groups excluding carboxylic acids is 2. The lowest BCUT2D eigenvalue weighted by molar-refractivity contribution is -0.122. The summed E-state index contributed by atoms with van der Waals surface area (Å²) in [6.45, 7) is 6.54. The summed E-state index contributed by atoms with van der Waals surface area (Å²) in [5, 5.41) is 14.7. The molecule has 48 heavy (non-hydrogen) atoms. The Morgan fingerprint density at radius 3 is 2.52 bits per heavy atom. The molecule has 3 aromatic heterocycles. The van der Waals surface area contributed by atoms with Crippen LogP contribution in [0, 0.1) is 12.8 Å². The van der Waals surface area contributed by atoms with Crippen LogP contribution < -0.4 is 10.6 Å². The molecule has 3 aliphatic rings. The van der Waals surface area contributed by atoms with Crippen molar-refractivity contribution in [2.24, 2.45) is 5.92 Å². The van der Waals surface area contributed by atoms with Gasteiger partial charge in [-0.2, -0.15) is 23.4 Å². The first-order valence-corrected chi connectivity index (χ1v) is 16.3. The van der Waals surface area contributed by atoms with E-state index in [9.17, 15) is 31.5 Å². The molecule has 12 nitrogen and oxygen atoms in total. The zero-order valence-corrected chi connectivity index (χ0v) is 27.5. The lowest BCUT2D eigenvalue weighted by Crippen LogP contribution is -2.43. The summed E-state index contributed by atoms with van der Waals surface area (Å²) in [5.74, 6) is -2.52. The van der Waals surface area contributed by atoms with Crippen molar-refractivity contribution >= 4 is 17.6 Å². The van der Waals surface area contributed by atoms with Gasteiger partial charge in [0.2, 0.25) is 11.8 Å². The number of hydrogen-bond donors (Lipinski definition) is 2. The topological polar surface area (TPSA) is 132 Å². The number of nitrogens with zero attached hydrogens (tertiary/aromatic N) is 7. The molecule has 2 unspecified atom stereocenters. The van der Waals surface area contributed by atoms with Gasteiger partial charge in [-0.05, 0) is 58.4 Å². The zero-order chi connectivity index (χ0) is 34.8. The predicted molar refractivity (Wildman–Crippen MR) is 165 cm³/mol. The van der Waals surface area contributed by atoms with Crippen molar-refractivity contribution < 1.29 is 36.3 Å². The van der Waals surface area contributed by atoms with Gasteiger partial charge in [0.1, 0.15) is 5.69 Å². The quantitative estimate of drug-likeness (QED) is 0.345. The molecule has 17 heteroatoms. The normalized spacial score (nSPS) is 20.7. The summed E-state index contributed by atoms with van der Waals surface area (Å²) in [4.78, 5) is 35.4. The highest BCUT2D eigenvalue weighted by Crippen LogP contribution is 2.41. The Balaban J connectivity index is 0.000000405. The number of amides is 2. The second-order valence-corrected chi connectivity index (χ2v) is 12.2. The molecular formula is C31H44F5N9O3. The minimum atomic E-state index is -3.67. The molecule has 2 N–H and O–H groups in total. The highest BCUT2D eigenvalue weighted by Gasteiger charge is 2.39. The van der Waals surface area contributed by atoms with Crippen LogP contribution in [-0.2, 0) is 22.6 Å². The Bertz CT molecular complexity index is 1480. The lowest BCUT2D eigenvalue weighted by atomic mass is 9.81. The fraction of sp³-hybridized carbons (Fsp3) is 0.677. The number of alkyl halides is 5. The molecule has 1 aliphatic carbocycles. The average Bonchev–Trinajstić information content (AvgIpc) is 3.69. The molecule has 266 valence electrons. The first-order valence-electron chi connectivity index (χ1n) is 16.3. The third-order valence-electron chi connectivity index (χ3n) is 8.70. The molecule has 2 aliphatic heterocycles. The van der Waals surface area contributed by atoms with Crippen LogP contribution in [-0.4, -0.2) is 91.0 Å². The van der Waals surface area contributed by atoms with E-state index in [2.05, 4.69) is 32.7 Å². The monoisotopic (exact) mass is 685 g/mol. The summed E-state index contributed by atoms with van der Waals surface area (Å²) in [6.07, 6.45) is 6.47. The maximum atomic E-state index is 14.0. The summed E-state index contributed by atoms with van der Waals surface area (Å²) >= 11 is 0. The Labute approximate surface area is 275 Å². The Hall–Kier alpha value is -3.73. The van der Waals surface area contributed by atoms with E-state index in [4.69, 9.17) is 14.7 Å². The van der Waals surface area contributed by atoms with E-state index in [1.807, 2.05) is 13.8 Å². The molecular weight excluding hydrogens is 641 g/mol. The Morgan fingerprint density at radius 2 is 1.92 bits per heavy atom. The molecule has 0 radical (unpaired) electrons. The molecule has 1 saturated carbocycles. The highest BCUT2D eigenvalue weighted by molar-refractivity contribution is 5.92. The average molecular weight is 686 g/mol. The maximum absolute atomic E-state index is 14.0. The van der Waals surface area contributed by atoms with Crippen molar-refractivity contribution in [2.45, 2.75) is 103 Å².